The maximum absolute atomic E-state index is 12.5. The number of fused-ring (bicyclic) bond motifs is 1. The van der Waals surface area contributed by atoms with Gasteiger partial charge >= 0.3 is 0 Å². The van der Waals surface area contributed by atoms with Crippen LogP contribution in [0.15, 0.2) is 42.5 Å². The van der Waals surface area contributed by atoms with Crippen molar-refractivity contribution in [2.45, 2.75) is 38.6 Å². The third kappa shape index (κ3) is 5.31. The molecule has 1 N–H and O–H groups in total. The lowest BCUT2D eigenvalue weighted by Gasteiger charge is -2.23. The molecule has 166 valence electrons. The molecule has 1 fully saturated rings. The molecule has 0 aromatic heterocycles. The molecule has 4 rings (SSSR count). The van der Waals surface area contributed by atoms with Crippen LogP contribution in [0.3, 0.4) is 0 Å². The Kier molecular flexibility index (Phi) is 6.36. The van der Waals surface area contributed by atoms with Crippen LogP contribution in [0.2, 0.25) is 0 Å². The highest BCUT2D eigenvalue weighted by atomic mass is 32.2. The molecule has 8 heteroatoms. The van der Waals surface area contributed by atoms with Crippen LogP contribution in [-0.4, -0.2) is 33.9 Å². The highest BCUT2D eigenvalue weighted by molar-refractivity contribution is 7.92. The lowest BCUT2D eigenvalue weighted by atomic mass is 9.89. The molecule has 2 aromatic rings. The first-order valence-electron chi connectivity index (χ1n) is 10.6. The zero-order valence-electron chi connectivity index (χ0n) is 17.7. The third-order valence-electron chi connectivity index (χ3n) is 5.86. The topological polar surface area (TPSA) is 84.9 Å². The van der Waals surface area contributed by atoms with E-state index in [2.05, 4.69) is 5.32 Å². The number of ether oxygens (including phenoxy) is 2. The van der Waals surface area contributed by atoms with Gasteiger partial charge in [-0.25, -0.2) is 8.42 Å². The van der Waals surface area contributed by atoms with Gasteiger partial charge in [-0.3, -0.25) is 9.10 Å². The summed E-state index contributed by atoms with van der Waals surface area (Å²) >= 11 is 0. The van der Waals surface area contributed by atoms with E-state index in [1.54, 1.807) is 42.5 Å². The van der Waals surface area contributed by atoms with Gasteiger partial charge in [-0.2, -0.15) is 0 Å². The van der Waals surface area contributed by atoms with Crippen LogP contribution in [0.5, 0.6) is 11.5 Å². The van der Waals surface area contributed by atoms with E-state index in [-0.39, 0.29) is 19.2 Å². The molecule has 0 radical (unpaired) electrons. The Balaban J connectivity index is 1.43. The molecule has 0 atom stereocenters. The normalized spacial score (nSPS) is 16.2. The van der Waals surface area contributed by atoms with Crippen LogP contribution >= 0.6 is 0 Å². The average Bonchev–Trinajstić information content (AvgIpc) is 3.24. The van der Waals surface area contributed by atoms with E-state index in [9.17, 15) is 13.2 Å². The van der Waals surface area contributed by atoms with Crippen LogP contribution in [0.25, 0.3) is 0 Å². The van der Waals surface area contributed by atoms with Gasteiger partial charge in [0.05, 0.1) is 18.5 Å². The summed E-state index contributed by atoms with van der Waals surface area (Å²) in [5, 5.41) is 3.03. The Morgan fingerprint density at radius 3 is 2.45 bits per heavy atom. The van der Waals surface area contributed by atoms with Crippen LogP contribution in [0, 0.1) is 5.92 Å². The standard InChI is InChI=1S/C23H28N2O5S/c1-31(27,28)25(20-11-12-21-22(13-20)30-16-29-21)15-18-7-9-19(10-8-18)23(26)24-14-17-5-3-2-4-6-17/h7-13,17H,2-6,14-16H2,1H3,(H,24,26). The van der Waals surface area contributed by atoms with Gasteiger partial charge in [-0.1, -0.05) is 31.4 Å². The first kappa shape index (κ1) is 21.5. The average molecular weight is 445 g/mol. The molecule has 1 amide bonds. The van der Waals surface area contributed by atoms with E-state index in [1.165, 1.54) is 42.7 Å². The van der Waals surface area contributed by atoms with Gasteiger partial charge in [0.15, 0.2) is 11.5 Å². The third-order valence-corrected chi connectivity index (χ3v) is 7.00. The number of nitrogens with zero attached hydrogens (tertiary/aromatic N) is 1. The minimum atomic E-state index is -3.52. The van der Waals surface area contributed by atoms with Crippen LogP contribution in [0.4, 0.5) is 5.69 Å². The number of anilines is 1. The van der Waals surface area contributed by atoms with Crippen LogP contribution < -0.4 is 19.1 Å². The van der Waals surface area contributed by atoms with Gasteiger partial charge in [0.1, 0.15) is 0 Å². The monoisotopic (exact) mass is 444 g/mol. The van der Waals surface area contributed by atoms with Crippen molar-refractivity contribution in [1.29, 1.82) is 0 Å². The molecule has 2 aromatic carbocycles. The van der Waals surface area contributed by atoms with Gasteiger partial charge < -0.3 is 14.8 Å². The van der Waals surface area contributed by atoms with E-state index >= 15 is 0 Å². The molecule has 0 saturated heterocycles. The number of nitrogens with one attached hydrogen (secondary N) is 1. The van der Waals surface area contributed by atoms with Crippen molar-refractivity contribution in [3.05, 3.63) is 53.6 Å². The van der Waals surface area contributed by atoms with Gasteiger partial charge in [0.2, 0.25) is 16.8 Å². The molecule has 1 aliphatic heterocycles. The van der Waals surface area contributed by atoms with E-state index in [4.69, 9.17) is 9.47 Å². The number of hydrogen-bond acceptors (Lipinski definition) is 5. The number of sulfonamides is 1. The van der Waals surface area contributed by atoms with Gasteiger partial charge in [-0.05, 0) is 48.6 Å². The Bertz CT molecular complexity index is 1030. The fraction of sp³-hybridized carbons (Fsp3) is 0.435. The second-order valence-corrected chi connectivity index (χ2v) is 10.1. The first-order chi connectivity index (χ1) is 14.9. The highest BCUT2D eigenvalue weighted by Gasteiger charge is 2.22. The second kappa shape index (κ2) is 9.18. The lowest BCUT2D eigenvalue weighted by molar-refractivity contribution is 0.0943. The Morgan fingerprint density at radius 2 is 1.74 bits per heavy atom. The Morgan fingerprint density at radius 1 is 1.03 bits per heavy atom. The van der Waals surface area contributed by atoms with Crippen molar-refractivity contribution in [2.75, 3.05) is 23.9 Å². The predicted molar refractivity (Wildman–Crippen MR) is 119 cm³/mol. The summed E-state index contributed by atoms with van der Waals surface area (Å²) in [5.74, 6) is 1.60. The highest BCUT2D eigenvalue weighted by Crippen LogP contribution is 2.36. The van der Waals surface area contributed by atoms with Crippen molar-refractivity contribution in [2.24, 2.45) is 5.92 Å². The molecule has 0 spiro atoms. The molecule has 0 unspecified atom stereocenters. The molecule has 2 aliphatic rings. The second-order valence-electron chi connectivity index (χ2n) is 8.22. The quantitative estimate of drug-likeness (QED) is 0.704. The number of carbonyl (C=O) groups is 1. The minimum absolute atomic E-state index is 0.0899. The van der Waals surface area contributed by atoms with Crippen molar-refractivity contribution < 1.29 is 22.7 Å². The van der Waals surface area contributed by atoms with E-state index in [0.717, 1.165) is 5.56 Å². The lowest BCUT2D eigenvalue weighted by Crippen LogP contribution is -2.30. The van der Waals surface area contributed by atoms with Crippen molar-refractivity contribution in [1.82, 2.24) is 5.32 Å². The summed E-state index contributed by atoms with van der Waals surface area (Å²) in [4.78, 5) is 12.5. The first-order valence-corrected chi connectivity index (χ1v) is 12.5. The van der Waals surface area contributed by atoms with E-state index in [0.29, 0.717) is 35.2 Å². The molecule has 1 saturated carbocycles. The molecular weight excluding hydrogens is 416 g/mol. The maximum atomic E-state index is 12.5. The number of amides is 1. The van der Waals surface area contributed by atoms with E-state index in [1.807, 2.05) is 0 Å². The molecule has 1 aliphatic carbocycles. The summed E-state index contributed by atoms with van der Waals surface area (Å²) < 4.78 is 36.9. The molecule has 0 bridgehead atoms. The zero-order valence-corrected chi connectivity index (χ0v) is 18.5. The van der Waals surface area contributed by atoms with Gasteiger partial charge in [-0.15, -0.1) is 0 Å². The summed E-state index contributed by atoms with van der Waals surface area (Å²) in [6.07, 6.45) is 7.32. The fourth-order valence-corrected chi connectivity index (χ4v) is 4.98. The summed E-state index contributed by atoms with van der Waals surface area (Å²) in [7, 11) is -3.52. The zero-order chi connectivity index (χ0) is 21.8. The molecule has 31 heavy (non-hydrogen) atoms. The largest absolute Gasteiger partial charge is 0.454 e. The smallest absolute Gasteiger partial charge is 0.251 e. The predicted octanol–water partition coefficient (Wildman–Crippen LogP) is 3.69. The van der Waals surface area contributed by atoms with Crippen LogP contribution in [-0.2, 0) is 16.6 Å². The maximum Gasteiger partial charge on any atom is 0.251 e. The molecule has 7 nitrogen and oxygen atoms in total. The summed E-state index contributed by atoms with van der Waals surface area (Å²) in [5.41, 5.74) is 1.86. The van der Waals surface area contributed by atoms with Crippen molar-refractivity contribution in [3.8, 4) is 11.5 Å². The van der Waals surface area contributed by atoms with Crippen molar-refractivity contribution in [3.63, 3.8) is 0 Å². The Labute approximate surface area is 183 Å². The molecule has 1 heterocycles. The number of rotatable bonds is 7. The fourth-order valence-electron chi connectivity index (χ4n) is 4.10. The Hall–Kier alpha value is -2.74. The number of hydrogen-bond donors (Lipinski definition) is 1. The van der Waals surface area contributed by atoms with Crippen molar-refractivity contribution >= 4 is 21.6 Å². The minimum Gasteiger partial charge on any atom is -0.454 e. The van der Waals surface area contributed by atoms with Crippen LogP contribution in [0.1, 0.15) is 48.0 Å². The summed E-state index contributed by atoms with van der Waals surface area (Å²) in [6.45, 7) is 0.997. The molecular formula is C23H28N2O5S. The summed E-state index contributed by atoms with van der Waals surface area (Å²) in [6, 6.07) is 12.1. The number of carbonyl (C=O) groups excluding carboxylic acids is 1. The van der Waals surface area contributed by atoms with Gasteiger partial charge in [0, 0.05) is 18.2 Å². The SMILES string of the molecule is CS(=O)(=O)N(Cc1ccc(C(=O)NCC2CCCCC2)cc1)c1ccc2c(c1)OCO2. The van der Waals surface area contributed by atoms with Gasteiger partial charge in [0.25, 0.3) is 5.91 Å². The van der Waals surface area contributed by atoms with E-state index < -0.39 is 10.0 Å². The number of benzene rings is 2.